The molecule has 1 amide bonds. The van der Waals surface area contributed by atoms with Crippen molar-refractivity contribution in [2.45, 2.75) is 18.9 Å². The Morgan fingerprint density at radius 2 is 2.40 bits per heavy atom. The number of ether oxygens (including phenoxy) is 1. The number of nitrogens with two attached hydrogens (primary N) is 1. The largest absolute Gasteiger partial charge is 0.423 e. The maximum absolute atomic E-state index is 11.4. The number of piperidine rings is 1. The van der Waals surface area contributed by atoms with Crippen LogP contribution in [0.4, 0.5) is 6.01 Å². The summed E-state index contributed by atoms with van der Waals surface area (Å²) in [5, 5.41) is 0. The molecule has 3 rings (SSSR count). The summed E-state index contributed by atoms with van der Waals surface area (Å²) in [5.41, 5.74) is 6.85. The van der Waals surface area contributed by atoms with E-state index in [1.54, 1.807) is 25.3 Å². The molecular weight excluding hydrogens is 258 g/mol. The summed E-state index contributed by atoms with van der Waals surface area (Å²) >= 11 is 0. The fraction of sp³-hybridized carbons (Fsp3) is 0.429. The smallest absolute Gasteiger partial charge is 0.298 e. The predicted octanol–water partition coefficient (Wildman–Crippen LogP) is 1.54. The molecule has 1 aromatic heterocycles. The molecule has 0 aliphatic carbocycles. The Kier molecular flexibility index (Phi) is 3.31. The number of carbonyl (C=O) groups is 1. The zero-order valence-electron chi connectivity index (χ0n) is 11.3. The zero-order chi connectivity index (χ0) is 14.1. The molecule has 1 fully saturated rings. The number of hydrogen-bond donors (Lipinski definition) is 1. The summed E-state index contributed by atoms with van der Waals surface area (Å²) in [4.78, 5) is 17.9. The molecule has 1 aromatic carbocycles. The van der Waals surface area contributed by atoms with Gasteiger partial charge in [0.1, 0.15) is 5.52 Å². The van der Waals surface area contributed by atoms with Crippen molar-refractivity contribution in [3.63, 3.8) is 0 Å². The molecule has 0 spiro atoms. The van der Waals surface area contributed by atoms with Crippen LogP contribution in [-0.2, 0) is 4.74 Å². The minimum atomic E-state index is -0.496. The number of para-hydroxylation sites is 1. The standard InChI is InChI=1S/C14H17N3O3/c1-19-9-4-3-7-17(8-9)14-16-12-10(13(15)18)5-2-6-11(12)20-14/h2,5-6,9H,3-4,7-8H2,1H3,(H2,15,18). The van der Waals surface area contributed by atoms with E-state index in [1.165, 1.54) is 0 Å². The van der Waals surface area contributed by atoms with Crippen molar-refractivity contribution in [1.29, 1.82) is 0 Å². The number of rotatable bonds is 3. The molecule has 106 valence electrons. The van der Waals surface area contributed by atoms with Crippen LogP contribution in [0, 0.1) is 0 Å². The van der Waals surface area contributed by atoms with Crippen LogP contribution in [-0.4, -0.2) is 37.2 Å². The lowest BCUT2D eigenvalue weighted by Gasteiger charge is -2.30. The van der Waals surface area contributed by atoms with E-state index in [2.05, 4.69) is 4.98 Å². The van der Waals surface area contributed by atoms with Gasteiger partial charge < -0.3 is 19.8 Å². The molecule has 6 heteroatoms. The fourth-order valence-corrected chi connectivity index (χ4v) is 2.58. The molecule has 1 atom stereocenters. The molecule has 6 nitrogen and oxygen atoms in total. The molecule has 2 N–H and O–H groups in total. The number of hydrogen-bond acceptors (Lipinski definition) is 5. The molecule has 0 bridgehead atoms. The van der Waals surface area contributed by atoms with E-state index in [4.69, 9.17) is 14.9 Å². The number of methoxy groups -OCH3 is 1. The topological polar surface area (TPSA) is 81.6 Å². The molecular formula is C14H17N3O3. The van der Waals surface area contributed by atoms with E-state index in [-0.39, 0.29) is 6.10 Å². The van der Waals surface area contributed by atoms with Gasteiger partial charge in [-0.25, -0.2) is 0 Å². The summed E-state index contributed by atoms with van der Waals surface area (Å²) < 4.78 is 11.1. The quantitative estimate of drug-likeness (QED) is 0.919. The number of fused-ring (bicyclic) bond motifs is 1. The van der Waals surface area contributed by atoms with Crippen molar-refractivity contribution in [2.24, 2.45) is 5.73 Å². The number of nitrogens with zero attached hydrogens (tertiary/aromatic N) is 2. The number of carbonyl (C=O) groups excluding carboxylic acids is 1. The average molecular weight is 275 g/mol. The van der Waals surface area contributed by atoms with E-state index in [0.29, 0.717) is 22.7 Å². The number of primary amides is 1. The van der Waals surface area contributed by atoms with Crippen LogP contribution in [0.5, 0.6) is 0 Å². The summed E-state index contributed by atoms with van der Waals surface area (Å²) in [6.07, 6.45) is 2.26. The van der Waals surface area contributed by atoms with Gasteiger partial charge in [-0.2, -0.15) is 4.98 Å². The second kappa shape index (κ2) is 5.13. The van der Waals surface area contributed by atoms with Gasteiger partial charge in [0.15, 0.2) is 5.58 Å². The first-order valence-corrected chi connectivity index (χ1v) is 6.66. The van der Waals surface area contributed by atoms with Gasteiger partial charge in [-0.1, -0.05) is 6.07 Å². The number of benzene rings is 1. The molecule has 20 heavy (non-hydrogen) atoms. The monoisotopic (exact) mass is 275 g/mol. The normalized spacial score (nSPS) is 19.4. The zero-order valence-corrected chi connectivity index (χ0v) is 11.3. The lowest BCUT2D eigenvalue weighted by Crippen LogP contribution is -2.39. The highest BCUT2D eigenvalue weighted by Gasteiger charge is 2.24. The predicted molar refractivity (Wildman–Crippen MR) is 74.8 cm³/mol. The molecule has 0 radical (unpaired) electrons. The number of aromatic nitrogens is 1. The number of oxazole rings is 1. The Bertz CT molecular complexity index is 638. The minimum absolute atomic E-state index is 0.189. The third kappa shape index (κ3) is 2.22. The van der Waals surface area contributed by atoms with Gasteiger partial charge in [-0.05, 0) is 25.0 Å². The molecule has 1 aliphatic rings. The van der Waals surface area contributed by atoms with Crippen LogP contribution < -0.4 is 10.6 Å². The van der Waals surface area contributed by atoms with Gasteiger partial charge in [0.2, 0.25) is 0 Å². The first-order chi connectivity index (χ1) is 9.69. The van der Waals surface area contributed by atoms with Gasteiger partial charge >= 0.3 is 0 Å². The van der Waals surface area contributed by atoms with Gasteiger partial charge in [-0.3, -0.25) is 4.79 Å². The highest BCUT2D eigenvalue weighted by molar-refractivity contribution is 6.03. The maximum atomic E-state index is 11.4. The van der Waals surface area contributed by atoms with E-state index >= 15 is 0 Å². The van der Waals surface area contributed by atoms with Crippen LogP contribution in [0.15, 0.2) is 22.6 Å². The Morgan fingerprint density at radius 3 is 3.15 bits per heavy atom. The van der Waals surface area contributed by atoms with Gasteiger partial charge in [0.05, 0.1) is 11.7 Å². The Balaban J connectivity index is 1.96. The van der Waals surface area contributed by atoms with E-state index in [9.17, 15) is 4.79 Å². The van der Waals surface area contributed by atoms with Gasteiger partial charge in [0.25, 0.3) is 11.9 Å². The van der Waals surface area contributed by atoms with Crippen LogP contribution in [0.2, 0.25) is 0 Å². The van der Waals surface area contributed by atoms with Gasteiger partial charge in [-0.15, -0.1) is 0 Å². The summed E-state index contributed by atoms with van der Waals surface area (Å²) in [6.45, 7) is 1.62. The molecule has 1 aliphatic heterocycles. The van der Waals surface area contributed by atoms with Crippen molar-refractivity contribution in [2.75, 3.05) is 25.1 Å². The van der Waals surface area contributed by atoms with Crippen LogP contribution in [0.3, 0.4) is 0 Å². The minimum Gasteiger partial charge on any atom is -0.423 e. The third-order valence-electron chi connectivity index (χ3n) is 3.66. The van der Waals surface area contributed by atoms with Crippen molar-refractivity contribution in [3.8, 4) is 0 Å². The summed E-state index contributed by atoms with van der Waals surface area (Å²) in [7, 11) is 1.71. The summed E-state index contributed by atoms with van der Waals surface area (Å²) in [5.74, 6) is -0.496. The SMILES string of the molecule is COC1CCCN(c2nc3c(C(N)=O)cccc3o2)C1. The lowest BCUT2D eigenvalue weighted by molar-refractivity contribution is 0.0880. The summed E-state index contributed by atoms with van der Waals surface area (Å²) in [6, 6.07) is 5.71. The first kappa shape index (κ1) is 12.9. The molecule has 1 unspecified atom stereocenters. The van der Waals surface area contributed by atoms with Crippen molar-refractivity contribution in [3.05, 3.63) is 23.8 Å². The average Bonchev–Trinajstić information content (AvgIpc) is 2.91. The maximum Gasteiger partial charge on any atom is 0.298 e. The van der Waals surface area contributed by atoms with Crippen LogP contribution in [0.1, 0.15) is 23.2 Å². The van der Waals surface area contributed by atoms with Crippen LogP contribution in [0.25, 0.3) is 11.1 Å². The molecule has 2 heterocycles. The lowest BCUT2D eigenvalue weighted by atomic mass is 10.1. The fourth-order valence-electron chi connectivity index (χ4n) is 2.58. The number of anilines is 1. The molecule has 1 saturated heterocycles. The van der Waals surface area contributed by atoms with Gasteiger partial charge in [0, 0.05) is 20.2 Å². The van der Waals surface area contributed by atoms with Crippen molar-refractivity contribution in [1.82, 2.24) is 4.98 Å². The molecule has 0 saturated carbocycles. The first-order valence-electron chi connectivity index (χ1n) is 6.66. The van der Waals surface area contributed by atoms with Crippen LogP contribution >= 0.6 is 0 Å². The van der Waals surface area contributed by atoms with E-state index < -0.39 is 5.91 Å². The highest BCUT2D eigenvalue weighted by atomic mass is 16.5. The van der Waals surface area contributed by atoms with E-state index in [0.717, 1.165) is 25.9 Å². The number of amides is 1. The molecule has 2 aromatic rings. The second-order valence-corrected chi connectivity index (χ2v) is 4.96. The van der Waals surface area contributed by atoms with Crippen molar-refractivity contribution >= 4 is 23.0 Å². The highest BCUT2D eigenvalue weighted by Crippen LogP contribution is 2.27. The third-order valence-corrected chi connectivity index (χ3v) is 3.66. The Labute approximate surface area is 116 Å². The van der Waals surface area contributed by atoms with Crippen molar-refractivity contribution < 1.29 is 13.9 Å². The van der Waals surface area contributed by atoms with E-state index in [1.807, 2.05) is 4.90 Å². The Hall–Kier alpha value is -2.08. The Morgan fingerprint density at radius 1 is 1.55 bits per heavy atom. The second-order valence-electron chi connectivity index (χ2n) is 4.96.